The summed E-state index contributed by atoms with van der Waals surface area (Å²) in [5.74, 6) is -1.97. The van der Waals surface area contributed by atoms with E-state index in [0.29, 0.717) is 12.1 Å². The van der Waals surface area contributed by atoms with Crippen LogP contribution < -0.4 is 5.32 Å². The van der Waals surface area contributed by atoms with Crippen LogP contribution in [0.3, 0.4) is 0 Å². The summed E-state index contributed by atoms with van der Waals surface area (Å²) in [6, 6.07) is 23.2. The first-order valence-electron chi connectivity index (χ1n) is 12.9. The molecule has 0 aromatic heterocycles. The van der Waals surface area contributed by atoms with E-state index in [0.717, 1.165) is 40.7 Å². The van der Waals surface area contributed by atoms with Crippen molar-refractivity contribution >= 4 is 23.4 Å². The molecule has 4 aliphatic rings. The third-order valence-electron chi connectivity index (χ3n) is 8.33. The predicted octanol–water partition coefficient (Wildman–Crippen LogP) is 5.38. The van der Waals surface area contributed by atoms with Crippen LogP contribution in [0, 0.1) is 18.8 Å². The van der Waals surface area contributed by atoms with Gasteiger partial charge in [-0.1, -0.05) is 86.5 Å². The summed E-state index contributed by atoms with van der Waals surface area (Å²) in [6.07, 6.45) is 2.09. The van der Waals surface area contributed by atoms with Crippen molar-refractivity contribution in [1.29, 1.82) is 0 Å². The molecule has 2 bridgehead atoms. The van der Waals surface area contributed by atoms with Crippen LogP contribution >= 0.6 is 0 Å². The lowest BCUT2D eigenvalue weighted by Gasteiger charge is -2.45. The number of nitrogens with one attached hydrogen (secondary N) is 1. The van der Waals surface area contributed by atoms with Gasteiger partial charge in [-0.15, -0.1) is 0 Å². The van der Waals surface area contributed by atoms with E-state index in [1.165, 1.54) is 4.90 Å². The number of nitrogens with zero attached hydrogens (tertiary/aromatic N) is 1. The van der Waals surface area contributed by atoms with E-state index in [1.54, 1.807) is 0 Å². The summed E-state index contributed by atoms with van der Waals surface area (Å²) in [5.41, 5.74) is 6.21. The van der Waals surface area contributed by atoms with E-state index in [2.05, 4.69) is 36.5 Å². The molecule has 0 unspecified atom stereocenters. The molecule has 0 spiro atoms. The standard InChI is InChI=1S/C31H30N2O3/c1-3-4-17-24(29(34)32-23-16-10-5-11-18(23)2)33-30(35)27-25-19-12-6-7-13-20(19)26(28(27)31(33)36)22-15-9-8-14-21(22)25/h5-16,24-28H,3-4,17H2,1-2H3,(H,32,34)/t24-,25?,26?,27-,28-/m0/s1. The van der Waals surface area contributed by atoms with Gasteiger partial charge in [0.2, 0.25) is 17.7 Å². The van der Waals surface area contributed by atoms with Crippen LogP contribution in [0.1, 0.15) is 65.8 Å². The van der Waals surface area contributed by atoms with Gasteiger partial charge in [-0.25, -0.2) is 0 Å². The first-order valence-corrected chi connectivity index (χ1v) is 12.9. The van der Waals surface area contributed by atoms with Crippen molar-refractivity contribution in [2.24, 2.45) is 11.8 Å². The zero-order valence-electron chi connectivity index (χ0n) is 20.6. The number of carbonyl (C=O) groups is 3. The second-order valence-corrected chi connectivity index (χ2v) is 10.3. The number of carbonyl (C=O) groups excluding carboxylic acids is 3. The highest BCUT2D eigenvalue weighted by Gasteiger charge is 2.62. The smallest absolute Gasteiger partial charge is 0.247 e. The van der Waals surface area contributed by atoms with Crippen LogP contribution in [-0.2, 0) is 14.4 Å². The van der Waals surface area contributed by atoms with Crippen LogP contribution in [0.4, 0.5) is 5.69 Å². The molecule has 0 radical (unpaired) electrons. The number of hydrogen-bond acceptors (Lipinski definition) is 3. The Bertz CT molecular complexity index is 1260. The van der Waals surface area contributed by atoms with E-state index in [9.17, 15) is 14.4 Å². The second-order valence-electron chi connectivity index (χ2n) is 10.3. The summed E-state index contributed by atoms with van der Waals surface area (Å²) in [6.45, 7) is 3.99. The summed E-state index contributed by atoms with van der Waals surface area (Å²) >= 11 is 0. The topological polar surface area (TPSA) is 66.5 Å². The SMILES string of the molecule is CCCC[C@@H](C(=O)Nc1ccccc1C)N1C(=O)[C@H]2C3c4ccccc4C(c4ccccc43)[C@@H]2C1=O. The van der Waals surface area contributed by atoms with Crippen molar-refractivity contribution in [2.75, 3.05) is 5.32 Å². The Balaban J connectivity index is 1.41. The first-order chi connectivity index (χ1) is 17.5. The normalized spacial score (nSPS) is 24.2. The van der Waals surface area contributed by atoms with E-state index in [4.69, 9.17) is 0 Å². The van der Waals surface area contributed by atoms with Crippen molar-refractivity contribution in [3.8, 4) is 0 Å². The Hall–Kier alpha value is -3.73. The molecule has 3 amide bonds. The van der Waals surface area contributed by atoms with Crippen LogP contribution in [-0.4, -0.2) is 28.7 Å². The van der Waals surface area contributed by atoms with Gasteiger partial charge in [-0.2, -0.15) is 0 Å². The van der Waals surface area contributed by atoms with Crippen molar-refractivity contribution in [3.63, 3.8) is 0 Å². The molecule has 1 saturated heterocycles. The Morgan fingerprint density at radius 3 is 1.75 bits per heavy atom. The molecule has 1 N–H and O–H groups in total. The lowest BCUT2D eigenvalue weighted by molar-refractivity contribution is -0.147. The highest BCUT2D eigenvalue weighted by Crippen LogP contribution is 2.61. The molecule has 3 aliphatic carbocycles. The zero-order chi connectivity index (χ0) is 25.0. The van der Waals surface area contributed by atoms with Gasteiger partial charge in [-0.05, 0) is 47.2 Å². The number of aryl methyl sites for hydroxylation is 1. The average molecular weight is 479 g/mol. The number of amides is 3. The number of para-hydroxylation sites is 1. The summed E-state index contributed by atoms with van der Waals surface area (Å²) in [5, 5.41) is 3.01. The fourth-order valence-electron chi connectivity index (χ4n) is 6.71. The number of unbranched alkanes of at least 4 members (excludes halogenated alkanes) is 1. The van der Waals surface area contributed by atoms with E-state index < -0.39 is 17.9 Å². The van der Waals surface area contributed by atoms with E-state index in [1.807, 2.05) is 55.5 Å². The van der Waals surface area contributed by atoms with Gasteiger partial charge in [0.05, 0.1) is 11.8 Å². The number of hydrogen-bond donors (Lipinski definition) is 1. The third kappa shape index (κ3) is 3.25. The van der Waals surface area contributed by atoms with Crippen LogP contribution in [0.2, 0.25) is 0 Å². The zero-order valence-corrected chi connectivity index (χ0v) is 20.6. The minimum atomic E-state index is -0.819. The first kappa shape index (κ1) is 22.7. The molecular weight excluding hydrogens is 448 g/mol. The molecule has 3 aromatic carbocycles. The third-order valence-corrected chi connectivity index (χ3v) is 8.33. The Labute approximate surface area is 211 Å². The molecule has 3 aromatic rings. The summed E-state index contributed by atoms with van der Waals surface area (Å²) < 4.78 is 0. The monoisotopic (exact) mass is 478 g/mol. The Kier molecular flexibility index (Phi) is 5.51. The molecule has 1 heterocycles. The second kappa shape index (κ2) is 8.74. The maximum absolute atomic E-state index is 14.1. The van der Waals surface area contributed by atoms with E-state index >= 15 is 0 Å². The molecule has 5 nitrogen and oxygen atoms in total. The molecule has 182 valence electrons. The minimum Gasteiger partial charge on any atom is -0.324 e. The number of likely N-dealkylation sites (tertiary alicyclic amines) is 1. The summed E-state index contributed by atoms with van der Waals surface area (Å²) in [7, 11) is 0. The fraction of sp³-hybridized carbons (Fsp3) is 0.323. The molecule has 1 aliphatic heterocycles. The number of rotatable bonds is 6. The fourth-order valence-corrected chi connectivity index (χ4v) is 6.71. The van der Waals surface area contributed by atoms with Crippen molar-refractivity contribution in [2.45, 2.75) is 51.0 Å². The van der Waals surface area contributed by atoms with Gasteiger partial charge in [0.1, 0.15) is 6.04 Å². The van der Waals surface area contributed by atoms with Gasteiger partial charge in [0.25, 0.3) is 0 Å². The maximum Gasteiger partial charge on any atom is 0.247 e. The lowest BCUT2D eigenvalue weighted by atomic mass is 9.55. The van der Waals surface area contributed by atoms with Crippen molar-refractivity contribution in [1.82, 2.24) is 4.90 Å². The van der Waals surface area contributed by atoms with E-state index in [-0.39, 0.29) is 29.6 Å². The highest BCUT2D eigenvalue weighted by molar-refractivity contribution is 6.11. The van der Waals surface area contributed by atoms with Crippen molar-refractivity contribution in [3.05, 3.63) is 101 Å². The average Bonchev–Trinajstić information content (AvgIpc) is 3.16. The summed E-state index contributed by atoms with van der Waals surface area (Å²) in [4.78, 5) is 43.2. The number of benzene rings is 3. The largest absolute Gasteiger partial charge is 0.324 e. The van der Waals surface area contributed by atoms with Gasteiger partial charge in [0, 0.05) is 17.5 Å². The minimum absolute atomic E-state index is 0.167. The van der Waals surface area contributed by atoms with Crippen LogP contribution in [0.5, 0.6) is 0 Å². The molecular formula is C31H30N2O3. The van der Waals surface area contributed by atoms with Crippen molar-refractivity contribution < 1.29 is 14.4 Å². The van der Waals surface area contributed by atoms with Gasteiger partial charge in [-0.3, -0.25) is 19.3 Å². The predicted molar refractivity (Wildman–Crippen MR) is 139 cm³/mol. The lowest BCUT2D eigenvalue weighted by Crippen LogP contribution is -2.48. The molecule has 0 saturated carbocycles. The van der Waals surface area contributed by atoms with Crippen LogP contribution in [0.25, 0.3) is 0 Å². The molecule has 1 fully saturated rings. The number of imide groups is 1. The molecule has 7 rings (SSSR count). The van der Waals surface area contributed by atoms with Gasteiger partial charge < -0.3 is 5.32 Å². The quantitative estimate of drug-likeness (QED) is 0.484. The van der Waals surface area contributed by atoms with Gasteiger partial charge >= 0.3 is 0 Å². The number of anilines is 1. The highest BCUT2D eigenvalue weighted by atomic mass is 16.2. The molecule has 5 heteroatoms. The van der Waals surface area contributed by atoms with Gasteiger partial charge in [0.15, 0.2) is 0 Å². The molecule has 3 atom stereocenters. The molecule has 36 heavy (non-hydrogen) atoms. The van der Waals surface area contributed by atoms with Crippen LogP contribution in [0.15, 0.2) is 72.8 Å². The maximum atomic E-state index is 14.1. The Morgan fingerprint density at radius 2 is 1.28 bits per heavy atom. The Morgan fingerprint density at radius 1 is 0.806 bits per heavy atom.